The fraction of sp³-hybridized carbons (Fsp3) is 0.150. The molecule has 5 radical (unpaired) electrons. The van der Waals surface area contributed by atoms with Gasteiger partial charge in [-0.05, 0) is 56.4 Å². The van der Waals surface area contributed by atoms with E-state index in [-0.39, 0.29) is 6.04 Å². The number of hydrogen-bond donors (Lipinski definition) is 1. The summed E-state index contributed by atoms with van der Waals surface area (Å²) >= 11 is 0. The van der Waals surface area contributed by atoms with Crippen molar-refractivity contribution in [1.29, 1.82) is 0 Å². The van der Waals surface area contributed by atoms with Gasteiger partial charge < -0.3 is 0 Å². The van der Waals surface area contributed by atoms with E-state index in [4.69, 9.17) is 0 Å². The largest absolute Gasteiger partial charge is 0.297 e. The van der Waals surface area contributed by atoms with Gasteiger partial charge in [-0.15, -0.1) is 0 Å². The second kappa shape index (κ2) is 7.47. The Morgan fingerprint density at radius 3 is 1.78 bits per heavy atom. The summed E-state index contributed by atoms with van der Waals surface area (Å²) in [5, 5.41) is 5.16. The van der Waals surface area contributed by atoms with Gasteiger partial charge in [0.1, 0.15) is 0 Å². The molecular formula is C20H21NOP. The summed E-state index contributed by atoms with van der Waals surface area (Å²) in [5.41, 5.74) is 0. The average molecular weight is 322 g/mol. The molecule has 1 aliphatic rings. The van der Waals surface area contributed by atoms with Crippen LogP contribution in [0.1, 0.15) is 13.3 Å². The van der Waals surface area contributed by atoms with Crippen LogP contribution in [0.4, 0.5) is 0 Å². The van der Waals surface area contributed by atoms with Gasteiger partial charge in [-0.2, -0.15) is 0 Å². The summed E-state index contributed by atoms with van der Waals surface area (Å²) in [6, 6.07) is 19.5. The maximum Gasteiger partial charge on any atom is 0.204 e. The number of benzene rings is 2. The molecule has 1 aliphatic carbocycles. The van der Waals surface area contributed by atoms with Gasteiger partial charge in [0.05, 0.1) is 0 Å². The molecule has 1 N–H and O–H groups in total. The Morgan fingerprint density at radius 1 is 0.870 bits per heavy atom. The van der Waals surface area contributed by atoms with Crippen LogP contribution in [-0.2, 0) is 4.57 Å². The zero-order valence-electron chi connectivity index (χ0n) is 13.2. The SMILES string of the molecule is CC[C@@H](NP(=O)(c1ccccc1)c1ccccc1)[C]1[CH][CH][CH][CH]1. The van der Waals surface area contributed by atoms with Crippen molar-refractivity contribution in [3.63, 3.8) is 0 Å². The Kier molecular flexibility index (Phi) is 5.35. The van der Waals surface area contributed by atoms with Gasteiger partial charge in [0.25, 0.3) is 0 Å². The van der Waals surface area contributed by atoms with E-state index in [9.17, 15) is 4.57 Å². The highest BCUT2D eigenvalue weighted by Gasteiger charge is 2.34. The van der Waals surface area contributed by atoms with Crippen LogP contribution < -0.4 is 15.7 Å². The van der Waals surface area contributed by atoms with Crippen LogP contribution in [0.15, 0.2) is 60.7 Å². The molecule has 0 bridgehead atoms. The third-order valence-electron chi connectivity index (χ3n) is 4.08. The predicted octanol–water partition coefficient (Wildman–Crippen LogP) is 3.69. The maximum atomic E-state index is 14.0. The van der Waals surface area contributed by atoms with E-state index in [1.54, 1.807) is 0 Å². The monoisotopic (exact) mass is 322 g/mol. The predicted molar refractivity (Wildman–Crippen MR) is 97.4 cm³/mol. The number of nitrogens with one attached hydrogen (secondary N) is 1. The van der Waals surface area contributed by atoms with Crippen LogP contribution >= 0.6 is 7.29 Å². The standard InChI is InChI=1S/C20H21NOP/c1-2-20(17-11-9-10-12-17)21-23(22,18-13-5-3-6-14-18)19-15-7-4-8-16-19/h3-16,20H,2H2,1H3,(H,21,22)/t20-/m1/s1. The highest BCUT2D eigenvalue weighted by molar-refractivity contribution is 7.76. The van der Waals surface area contributed by atoms with Crippen molar-refractivity contribution < 1.29 is 4.57 Å². The molecule has 0 heterocycles. The summed E-state index contributed by atoms with van der Waals surface area (Å²) in [7, 11) is -2.89. The van der Waals surface area contributed by atoms with Crippen LogP contribution in [0.25, 0.3) is 0 Å². The van der Waals surface area contributed by atoms with Crippen LogP contribution in [0.2, 0.25) is 0 Å². The molecule has 3 rings (SSSR count). The van der Waals surface area contributed by atoms with E-state index in [1.807, 2.05) is 73.5 Å². The molecule has 2 aromatic carbocycles. The molecule has 0 unspecified atom stereocenters. The second-order valence-corrected chi connectivity index (χ2v) is 8.10. The molecule has 1 atom stereocenters. The van der Waals surface area contributed by atoms with Crippen LogP contribution in [0, 0.1) is 31.6 Å². The molecule has 117 valence electrons. The fourth-order valence-corrected chi connectivity index (χ4v) is 5.37. The molecule has 1 fully saturated rings. The first-order valence-corrected chi connectivity index (χ1v) is 9.65. The third-order valence-corrected chi connectivity index (χ3v) is 6.80. The molecule has 23 heavy (non-hydrogen) atoms. The highest BCUT2D eigenvalue weighted by Crippen LogP contribution is 2.42. The summed E-state index contributed by atoms with van der Waals surface area (Å²) in [5.74, 6) is 1.18. The zero-order chi connectivity index (χ0) is 16.1. The second-order valence-electron chi connectivity index (χ2n) is 5.59. The van der Waals surface area contributed by atoms with Gasteiger partial charge in [0.15, 0.2) is 0 Å². The maximum absolute atomic E-state index is 14.0. The van der Waals surface area contributed by atoms with Crippen LogP contribution in [0.5, 0.6) is 0 Å². The van der Waals surface area contributed by atoms with Crippen molar-refractivity contribution in [3.05, 3.63) is 92.3 Å². The average Bonchev–Trinajstić information content (AvgIpc) is 3.15. The van der Waals surface area contributed by atoms with Gasteiger partial charge in [0, 0.05) is 22.6 Å². The molecule has 3 heteroatoms. The van der Waals surface area contributed by atoms with E-state index in [2.05, 4.69) is 24.9 Å². The Labute approximate surface area is 139 Å². The minimum Gasteiger partial charge on any atom is -0.297 e. The Hall–Kier alpha value is -1.37. The lowest BCUT2D eigenvalue weighted by Crippen LogP contribution is -2.38. The molecule has 2 aromatic rings. The Morgan fingerprint density at radius 2 is 1.35 bits per heavy atom. The van der Waals surface area contributed by atoms with Crippen molar-refractivity contribution in [2.24, 2.45) is 0 Å². The Bertz CT molecular complexity index is 606. The van der Waals surface area contributed by atoms with Gasteiger partial charge in [0.2, 0.25) is 7.29 Å². The zero-order valence-corrected chi connectivity index (χ0v) is 14.1. The van der Waals surface area contributed by atoms with Gasteiger partial charge in [-0.25, -0.2) is 0 Å². The molecular weight excluding hydrogens is 301 g/mol. The fourth-order valence-electron chi connectivity index (χ4n) is 2.82. The van der Waals surface area contributed by atoms with Crippen LogP contribution in [-0.4, -0.2) is 6.04 Å². The lowest BCUT2D eigenvalue weighted by molar-refractivity contribution is 0.558. The summed E-state index contributed by atoms with van der Waals surface area (Å²) in [4.78, 5) is 0. The summed E-state index contributed by atoms with van der Waals surface area (Å²) < 4.78 is 14.0. The first-order valence-electron chi connectivity index (χ1n) is 7.94. The van der Waals surface area contributed by atoms with Crippen LogP contribution in [0.3, 0.4) is 0 Å². The lowest BCUT2D eigenvalue weighted by Gasteiger charge is -2.29. The van der Waals surface area contributed by atoms with Crippen molar-refractivity contribution in [2.45, 2.75) is 19.4 Å². The van der Waals surface area contributed by atoms with Crippen molar-refractivity contribution in [3.8, 4) is 0 Å². The smallest absolute Gasteiger partial charge is 0.204 e. The molecule has 0 aliphatic heterocycles. The molecule has 2 nitrogen and oxygen atoms in total. The van der Waals surface area contributed by atoms with E-state index >= 15 is 0 Å². The van der Waals surface area contributed by atoms with Crippen molar-refractivity contribution in [2.75, 3.05) is 0 Å². The minimum atomic E-state index is -2.89. The summed E-state index contributed by atoms with van der Waals surface area (Å²) in [6.45, 7) is 2.12. The van der Waals surface area contributed by atoms with Gasteiger partial charge in [-0.3, -0.25) is 9.65 Å². The quantitative estimate of drug-likeness (QED) is 0.822. The normalized spacial score (nSPS) is 17.3. The molecule has 0 saturated heterocycles. The molecule has 0 spiro atoms. The molecule has 1 saturated carbocycles. The summed E-state index contributed by atoms with van der Waals surface area (Å²) in [6.07, 6.45) is 9.10. The van der Waals surface area contributed by atoms with Gasteiger partial charge in [-0.1, -0.05) is 43.3 Å². The first kappa shape index (κ1) is 16.5. The molecule has 0 aromatic heterocycles. The number of rotatable bonds is 6. The third kappa shape index (κ3) is 3.59. The first-order chi connectivity index (χ1) is 11.2. The van der Waals surface area contributed by atoms with E-state index < -0.39 is 7.29 Å². The van der Waals surface area contributed by atoms with E-state index in [1.165, 1.54) is 5.92 Å². The Balaban J connectivity index is 1.97. The highest BCUT2D eigenvalue weighted by atomic mass is 31.2. The molecule has 0 amide bonds. The van der Waals surface area contributed by atoms with Crippen molar-refractivity contribution >= 4 is 17.9 Å². The lowest BCUT2D eigenvalue weighted by atomic mass is 9.97. The van der Waals surface area contributed by atoms with Gasteiger partial charge >= 0.3 is 0 Å². The van der Waals surface area contributed by atoms with E-state index in [0.717, 1.165) is 17.0 Å². The number of hydrogen-bond acceptors (Lipinski definition) is 1. The topological polar surface area (TPSA) is 29.1 Å². The van der Waals surface area contributed by atoms with E-state index in [0.29, 0.717) is 0 Å². The van der Waals surface area contributed by atoms with Crippen molar-refractivity contribution in [1.82, 2.24) is 5.09 Å². The minimum absolute atomic E-state index is 0.0660.